The van der Waals surface area contributed by atoms with E-state index in [-0.39, 0.29) is 21.7 Å². The van der Waals surface area contributed by atoms with Crippen LogP contribution in [0.4, 0.5) is 4.79 Å². The van der Waals surface area contributed by atoms with Gasteiger partial charge in [-0.3, -0.25) is 4.79 Å². The van der Waals surface area contributed by atoms with Crippen LogP contribution < -0.4 is 4.72 Å². The number of nitrogens with one attached hydrogen (secondary N) is 1. The molecular weight excluding hydrogens is 570 g/mol. The molecule has 4 aromatic rings. The van der Waals surface area contributed by atoms with Crippen molar-refractivity contribution in [2.75, 3.05) is 6.61 Å². The number of ether oxygens (including phenoxy) is 1. The van der Waals surface area contributed by atoms with Gasteiger partial charge < -0.3 is 9.30 Å². The van der Waals surface area contributed by atoms with Gasteiger partial charge in [-0.25, -0.2) is 22.9 Å². The molecule has 0 atom stereocenters. The Morgan fingerprint density at radius 2 is 1.80 bits per heavy atom. The molecule has 2 aromatic heterocycles. The second-order valence-corrected chi connectivity index (χ2v) is 12.5. The van der Waals surface area contributed by atoms with Crippen LogP contribution in [0.25, 0.3) is 22.5 Å². The van der Waals surface area contributed by atoms with Gasteiger partial charge in [-0.15, -0.1) is 11.3 Å². The lowest BCUT2D eigenvalue weighted by atomic mass is 10.1. The molecule has 0 aliphatic heterocycles. The highest BCUT2D eigenvalue weighted by Crippen LogP contribution is 2.36. The van der Waals surface area contributed by atoms with Crippen LogP contribution in [0.5, 0.6) is 0 Å². The first kappa shape index (κ1) is 29.5. The minimum Gasteiger partial charge on any atom is -0.449 e. The van der Waals surface area contributed by atoms with Gasteiger partial charge in [0, 0.05) is 22.5 Å². The van der Waals surface area contributed by atoms with Gasteiger partial charge >= 0.3 is 6.09 Å². The molecule has 8 nitrogen and oxygen atoms in total. The molecule has 0 unspecified atom stereocenters. The number of aromatic nitrogens is 2. The second-order valence-electron chi connectivity index (χ2n) is 9.14. The monoisotopic (exact) mass is 599 g/mol. The zero-order valence-corrected chi connectivity index (χ0v) is 24.6. The van der Waals surface area contributed by atoms with Crippen LogP contribution in [0.15, 0.2) is 64.9 Å². The summed E-state index contributed by atoms with van der Waals surface area (Å²) in [4.78, 5) is 29.3. The average Bonchev–Trinajstić information content (AvgIpc) is 3.51. The third-order valence-electron chi connectivity index (χ3n) is 6.15. The Morgan fingerprint density at radius 1 is 1.07 bits per heavy atom. The maximum atomic E-state index is 13.2. The van der Waals surface area contributed by atoms with Crippen molar-refractivity contribution in [2.24, 2.45) is 0 Å². The van der Waals surface area contributed by atoms with Crippen molar-refractivity contribution in [1.82, 2.24) is 14.3 Å². The number of carbonyl (C=O) groups is 2. The molecular formula is C29H30ClN3O5S2. The maximum Gasteiger partial charge on any atom is 0.421 e. The number of carbonyl (C=O) groups excluding carboxylic acids is 2. The van der Waals surface area contributed by atoms with Crippen LogP contribution in [0.3, 0.4) is 0 Å². The molecule has 2 aromatic carbocycles. The summed E-state index contributed by atoms with van der Waals surface area (Å²) in [7, 11) is -4.15. The van der Waals surface area contributed by atoms with Crippen LogP contribution in [-0.4, -0.2) is 37.0 Å². The lowest BCUT2D eigenvalue weighted by Gasteiger charge is -2.11. The first-order valence-corrected chi connectivity index (χ1v) is 15.6. The topological polar surface area (TPSA) is 107 Å². The molecule has 0 saturated heterocycles. The first-order chi connectivity index (χ1) is 19.3. The van der Waals surface area contributed by atoms with Crippen molar-refractivity contribution < 1.29 is 22.7 Å². The number of amides is 1. The zero-order chi connectivity index (χ0) is 28.7. The Kier molecular flexibility index (Phi) is 9.78. The van der Waals surface area contributed by atoms with Gasteiger partial charge in [-0.1, -0.05) is 92.9 Å². The number of aldehydes is 1. The predicted octanol–water partition coefficient (Wildman–Crippen LogP) is 6.96. The maximum absolute atomic E-state index is 13.2. The predicted molar refractivity (Wildman–Crippen MR) is 157 cm³/mol. The number of halogens is 1. The largest absolute Gasteiger partial charge is 0.449 e. The van der Waals surface area contributed by atoms with E-state index >= 15 is 0 Å². The number of hydrogen-bond donors (Lipinski definition) is 1. The molecule has 0 aliphatic carbocycles. The SMILES string of the molecule is CCCCOC(=O)NS(=O)(=O)c1sc(CCC)cc1-c1ccc(Cn2c(-c3ccccc3)nc(Cl)c2C=O)cc1. The molecule has 1 N–H and O–H groups in total. The summed E-state index contributed by atoms with van der Waals surface area (Å²) >= 11 is 7.42. The number of nitrogens with zero attached hydrogens (tertiary/aromatic N) is 2. The number of imidazole rings is 1. The normalized spacial score (nSPS) is 11.4. The van der Waals surface area contributed by atoms with E-state index in [1.165, 1.54) is 0 Å². The fourth-order valence-electron chi connectivity index (χ4n) is 4.18. The molecule has 4 rings (SSSR count). The summed E-state index contributed by atoms with van der Waals surface area (Å²) in [5.41, 5.74) is 3.16. The highest BCUT2D eigenvalue weighted by Gasteiger charge is 2.26. The van der Waals surface area contributed by atoms with Gasteiger partial charge in [0.15, 0.2) is 11.4 Å². The fraction of sp³-hybridized carbons (Fsp3) is 0.276. The van der Waals surface area contributed by atoms with Gasteiger partial charge in [-0.05, 0) is 30.0 Å². The minimum absolute atomic E-state index is 0.0622. The van der Waals surface area contributed by atoms with Crippen LogP contribution in [0, 0.1) is 0 Å². The summed E-state index contributed by atoms with van der Waals surface area (Å²) in [5.74, 6) is 0.573. The van der Waals surface area contributed by atoms with E-state index in [4.69, 9.17) is 16.3 Å². The van der Waals surface area contributed by atoms with Crippen molar-refractivity contribution in [3.05, 3.63) is 82.0 Å². The van der Waals surface area contributed by atoms with E-state index in [0.29, 0.717) is 42.6 Å². The van der Waals surface area contributed by atoms with Crippen molar-refractivity contribution in [1.29, 1.82) is 0 Å². The number of rotatable bonds is 12. The van der Waals surface area contributed by atoms with Crippen molar-refractivity contribution in [3.8, 4) is 22.5 Å². The molecule has 2 heterocycles. The van der Waals surface area contributed by atoms with E-state index in [1.54, 1.807) is 4.57 Å². The van der Waals surface area contributed by atoms with E-state index in [1.807, 2.05) is 79.2 Å². The Bertz CT molecular complexity index is 1580. The lowest BCUT2D eigenvalue weighted by molar-refractivity contribution is 0.111. The van der Waals surface area contributed by atoms with Gasteiger partial charge in [0.2, 0.25) is 0 Å². The summed E-state index contributed by atoms with van der Waals surface area (Å²) in [6, 6.07) is 18.7. The number of unbranched alkanes of at least 4 members (excludes halogenated alkanes) is 1. The summed E-state index contributed by atoms with van der Waals surface area (Å²) in [5, 5.41) is 0.128. The summed E-state index contributed by atoms with van der Waals surface area (Å²) in [6.45, 7) is 4.45. The van der Waals surface area contributed by atoms with E-state index < -0.39 is 16.1 Å². The number of benzene rings is 2. The summed E-state index contributed by atoms with van der Waals surface area (Å²) in [6.07, 6.45) is 2.74. The second kappa shape index (κ2) is 13.3. The highest BCUT2D eigenvalue weighted by atomic mass is 35.5. The molecule has 11 heteroatoms. The zero-order valence-electron chi connectivity index (χ0n) is 22.2. The smallest absolute Gasteiger partial charge is 0.421 e. The van der Waals surface area contributed by atoms with E-state index in [0.717, 1.165) is 40.2 Å². The quantitative estimate of drug-likeness (QED) is 0.139. The molecule has 0 radical (unpaired) electrons. The Labute approximate surface area is 243 Å². The molecule has 0 saturated carbocycles. The molecule has 0 aliphatic rings. The van der Waals surface area contributed by atoms with Crippen LogP contribution in [0.1, 0.15) is 54.0 Å². The van der Waals surface area contributed by atoms with Crippen molar-refractivity contribution >= 4 is 45.3 Å². The average molecular weight is 600 g/mol. The van der Waals surface area contributed by atoms with Crippen molar-refractivity contribution in [3.63, 3.8) is 0 Å². The van der Waals surface area contributed by atoms with Crippen LogP contribution in [-0.2, 0) is 27.7 Å². The number of aryl methyl sites for hydroxylation is 1. The lowest BCUT2D eigenvalue weighted by Crippen LogP contribution is -2.31. The van der Waals surface area contributed by atoms with Crippen LogP contribution >= 0.6 is 22.9 Å². The van der Waals surface area contributed by atoms with Gasteiger partial charge in [-0.2, -0.15) is 0 Å². The Balaban J connectivity index is 1.64. The number of hydrogen-bond acceptors (Lipinski definition) is 7. The fourth-order valence-corrected chi connectivity index (χ4v) is 7.13. The van der Waals surface area contributed by atoms with Gasteiger partial charge in [0.05, 0.1) is 6.61 Å². The molecule has 0 fully saturated rings. The molecule has 0 bridgehead atoms. The highest BCUT2D eigenvalue weighted by molar-refractivity contribution is 7.92. The molecule has 210 valence electrons. The van der Waals surface area contributed by atoms with E-state index in [2.05, 4.69) is 4.98 Å². The third-order valence-corrected chi connectivity index (χ3v) is 9.47. The van der Waals surface area contributed by atoms with E-state index in [9.17, 15) is 18.0 Å². The molecule has 40 heavy (non-hydrogen) atoms. The van der Waals surface area contributed by atoms with Gasteiger partial charge in [0.1, 0.15) is 15.7 Å². The summed E-state index contributed by atoms with van der Waals surface area (Å²) < 4.78 is 35.2. The minimum atomic E-state index is -4.15. The first-order valence-electron chi connectivity index (χ1n) is 13.0. The number of thiophene rings is 1. The Hall–Kier alpha value is -3.47. The number of sulfonamides is 1. The third kappa shape index (κ3) is 6.80. The molecule has 0 spiro atoms. The van der Waals surface area contributed by atoms with Gasteiger partial charge in [0.25, 0.3) is 10.0 Å². The standard InChI is InChI=1S/C29H30ClN3O5S2/c1-3-5-16-38-29(35)32-40(36,37)28-24(17-23(39-28)9-4-2)21-14-12-20(13-15-21)18-33-25(19-34)26(30)31-27(33)22-10-7-6-8-11-22/h6-8,10-15,17,19H,3-5,9,16,18H2,1-2H3,(H,32,35). The van der Waals surface area contributed by atoms with Crippen LogP contribution in [0.2, 0.25) is 5.15 Å². The van der Waals surface area contributed by atoms with Crippen molar-refractivity contribution in [2.45, 2.75) is 50.3 Å². The molecule has 1 amide bonds. The Morgan fingerprint density at radius 3 is 2.45 bits per heavy atom.